The van der Waals surface area contributed by atoms with E-state index < -0.39 is 0 Å². The second-order valence-electron chi connectivity index (χ2n) is 6.20. The van der Waals surface area contributed by atoms with E-state index >= 15 is 0 Å². The van der Waals surface area contributed by atoms with Gasteiger partial charge in [-0.2, -0.15) is 0 Å². The van der Waals surface area contributed by atoms with Crippen LogP contribution < -0.4 is 10.2 Å². The van der Waals surface area contributed by atoms with Crippen LogP contribution >= 0.6 is 0 Å². The first-order valence-electron chi connectivity index (χ1n) is 7.91. The van der Waals surface area contributed by atoms with Gasteiger partial charge in [-0.1, -0.05) is 20.8 Å². The van der Waals surface area contributed by atoms with Crippen LogP contribution in [0, 0.1) is 12.8 Å². The first kappa shape index (κ1) is 15.2. The smallest absolute Gasteiger partial charge is 0.225 e. The molecule has 1 fully saturated rings. The Morgan fingerprint density at radius 3 is 2.90 bits per heavy atom. The van der Waals surface area contributed by atoms with Gasteiger partial charge in [0, 0.05) is 36.6 Å². The second kappa shape index (κ2) is 7.02. The SMILES string of the molecule is CCC1CCCN1c1ncc(CNCC(C)C)c(C)n1. The van der Waals surface area contributed by atoms with Crippen molar-refractivity contribution < 1.29 is 0 Å². The van der Waals surface area contributed by atoms with Gasteiger partial charge in [-0.15, -0.1) is 0 Å². The van der Waals surface area contributed by atoms with Gasteiger partial charge < -0.3 is 10.2 Å². The summed E-state index contributed by atoms with van der Waals surface area (Å²) in [5.41, 5.74) is 2.31. The summed E-state index contributed by atoms with van der Waals surface area (Å²) in [7, 11) is 0. The van der Waals surface area contributed by atoms with E-state index in [4.69, 9.17) is 4.98 Å². The maximum Gasteiger partial charge on any atom is 0.225 e. The van der Waals surface area contributed by atoms with Crippen LogP contribution in [0.3, 0.4) is 0 Å². The molecular weight excluding hydrogens is 248 g/mol. The number of aromatic nitrogens is 2. The largest absolute Gasteiger partial charge is 0.338 e. The molecule has 1 aromatic rings. The Morgan fingerprint density at radius 2 is 2.25 bits per heavy atom. The molecule has 4 nitrogen and oxygen atoms in total. The second-order valence-corrected chi connectivity index (χ2v) is 6.20. The molecule has 1 aromatic heterocycles. The summed E-state index contributed by atoms with van der Waals surface area (Å²) in [6.45, 7) is 11.8. The maximum atomic E-state index is 4.73. The van der Waals surface area contributed by atoms with Crippen LogP contribution in [0.25, 0.3) is 0 Å². The molecule has 0 saturated carbocycles. The summed E-state index contributed by atoms with van der Waals surface area (Å²) >= 11 is 0. The van der Waals surface area contributed by atoms with Crippen molar-refractivity contribution in [3.8, 4) is 0 Å². The highest BCUT2D eigenvalue weighted by Gasteiger charge is 2.25. The van der Waals surface area contributed by atoms with E-state index in [-0.39, 0.29) is 0 Å². The van der Waals surface area contributed by atoms with E-state index in [0.717, 1.165) is 31.3 Å². The van der Waals surface area contributed by atoms with E-state index in [0.29, 0.717) is 12.0 Å². The van der Waals surface area contributed by atoms with Crippen molar-refractivity contribution in [3.63, 3.8) is 0 Å². The van der Waals surface area contributed by atoms with Gasteiger partial charge in [0.1, 0.15) is 0 Å². The third-order valence-corrected chi connectivity index (χ3v) is 4.04. The summed E-state index contributed by atoms with van der Waals surface area (Å²) in [4.78, 5) is 11.7. The summed E-state index contributed by atoms with van der Waals surface area (Å²) in [6, 6.07) is 0.624. The normalized spacial score (nSPS) is 19.1. The zero-order valence-corrected chi connectivity index (χ0v) is 13.3. The van der Waals surface area contributed by atoms with E-state index in [1.165, 1.54) is 24.8 Å². The minimum atomic E-state index is 0.624. The predicted octanol–water partition coefficient (Wildman–Crippen LogP) is 2.91. The molecule has 4 heteroatoms. The quantitative estimate of drug-likeness (QED) is 0.867. The lowest BCUT2D eigenvalue weighted by molar-refractivity contribution is 0.550. The highest BCUT2D eigenvalue weighted by molar-refractivity contribution is 5.35. The molecule has 2 rings (SSSR count). The standard InChI is InChI=1S/C16H28N4/c1-5-15-7-6-8-20(15)16-18-11-14(13(4)19-16)10-17-9-12(2)3/h11-12,15,17H,5-10H2,1-4H3. The van der Waals surface area contributed by atoms with E-state index in [2.05, 4.69) is 42.9 Å². The number of aryl methyl sites for hydroxylation is 1. The van der Waals surface area contributed by atoms with Crippen LogP contribution in [0.5, 0.6) is 0 Å². The fraction of sp³-hybridized carbons (Fsp3) is 0.750. The Labute approximate surface area is 123 Å². The van der Waals surface area contributed by atoms with Crippen molar-refractivity contribution in [2.45, 2.75) is 59.5 Å². The molecule has 1 saturated heterocycles. The number of hydrogen-bond acceptors (Lipinski definition) is 4. The molecule has 1 N–H and O–H groups in total. The number of nitrogens with zero attached hydrogens (tertiary/aromatic N) is 3. The third-order valence-electron chi connectivity index (χ3n) is 4.04. The maximum absolute atomic E-state index is 4.73. The Balaban J connectivity index is 2.02. The molecule has 0 bridgehead atoms. The molecule has 1 aliphatic rings. The van der Waals surface area contributed by atoms with Gasteiger partial charge in [-0.3, -0.25) is 0 Å². The molecule has 20 heavy (non-hydrogen) atoms. The molecule has 0 aliphatic carbocycles. The first-order chi connectivity index (χ1) is 9.61. The highest BCUT2D eigenvalue weighted by Crippen LogP contribution is 2.24. The molecular formula is C16H28N4. The van der Waals surface area contributed by atoms with Crippen LogP contribution in [0.1, 0.15) is 51.3 Å². The van der Waals surface area contributed by atoms with E-state index in [1.54, 1.807) is 0 Å². The molecule has 0 radical (unpaired) electrons. The van der Waals surface area contributed by atoms with Crippen LogP contribution in [0.4, 0.5) is 5.95 Å². The zero-order valence-electron chi connectivity index (χ0n) is 13.3. The topological polar surface area (TPSA) is 41.1 Å². The Hall–Kier alpha value is -1.16. The van der Waals surface area contributed by atoms with E-state index in [9.17, 15) is 0 Å². The fourth-order valence-corrected chi connectivity index (χ4v) is 2.81. The van der Waals surface area contributed by atoms with Gasteiger partial charge in [0.15, 0.2) is 0 Å². The van der Waals surface area contributed by atoms with E-state index in [1.807, 2.05) is 6.20 Å². The van der Waals surface area contributed by atoms with Gasteiger partial charge in [-0.05, 0) is 38.6 Å². The summed E-state index contributed by atoms with van der Waals surface area (Å²) in [6.07, 6.45) is 5.71. The van der Waals surface area contributed by atoms with Gasteiger partial charge in [0.05, 0.1) is 0 Å². The lowest BCUT2D eigenvalue weighted by atomic mass is 10.2. The average molecular weight is 276 g/mol. The lowest BCUT2D eigenvalue weighted by Crippen LogP contribution is -2.30. The molecule has 0 aromatic carbocycles. The Kier molecular flexibility index (Phi) is 5.35. The summed E-state index contributed by atoms with van der Waals surface area (Å²) in [5, 5.41) is 3.46. The lowest BCUT2D eigenvalue weighted by Gasteiger charge is -2.24. The van der Waals surface area contributed by atoms with Crippen LogP contribution in [0.2, 0.25) is 0 Å². The van der Waals surface area contributed by atoms with Crippen molar-refractivity contribution in [1.82, 2.24) is 15.3 Å². The molecule has 1 aliphatic heterocycles. The Bertz CT molecular complexity index is 430. The van der Waals surface area contributed by atoms with Crippen molar-refractivity contribution in [3.05, 3.63) is 17.5 Å². The zero-order chi connectivity index (χ0) is 14.5. The third kappa shape index (κ3) is 3.69. The molecule has 1 atom stereocenters. The van der Waals surface area contributed by atoms with Crippen LogP contribution in [-0.4, -0.2) is 29.1 Å². The molecule has 112 valence electrons. The number of nitrogens with one attached hydrogen (secondary N) is 1. The number of hydrogen-bond donors (Lipinski definition) is 1. The van der Waals surface area contributed by atoms with Crippen molar-refractivity contribution in [2.75, 3.05) is 18.0 Å². The van der Waals surface area contributed by atoms with Gasteiger partial charge >= 0.3 is 0 Å². The fourth-order valence-electron chi connectivity index (χ4n) is 2.81. The van der Waals surface area contributed by atoms with Crippen molar-refractivity contribution in [1.29, 1.82) is 0 Å². The molecule has 0 amide bonds. The summed E-state index contributed by atoms with van der Waals surface area (Å²) in [5.74, 6) is 1.59. The minimum Gasteiger partial charge on any atom is -0.338 e. The first-order valence-corrected chi connectivity index (χ1v) is 7.91. The average Bonchev–Trinajstić information content (AvgIpc) is 2.88. The van der Waals surface area contributed by atoms with Crippen molar-refractivity contribution in [2.24, 2.45) is 5.92 Å². The molecule has 1 unspecified atom stereocenters. The Morgan fingerprint density at radius 1 is 1.45 bits per heavy atom. The van der Waals surface area contributed by atoms with Gasteiger partial charge in [0.25, 0.3) is 0 Å². The van der Waals surface area contributed by atoms with Crippen molar-refractivity contribution >= 4 is 5.95 Å². The predicted molar refractivity (Wildman–Crippen MR) is 84.0 cm³/mol. The molecule has 0 spiro atoms. The number of rotatable bonds is 6. The minimum absolute atomic E-state index is 0.624. The monoisotopic (exact) mass is 276 g/mol. The van der Waals surface area contributed by atoms with Crippen LogP contribution in [-0.2, 0) is 6.54 Å². The van der Waals surface area contributed by atoms with Crippen LogP contribution in [0.15, 0.2) is 6.20 Å². The summed E-state index contributed by atoms with van der Waals surface area (Å²) < 4.78 is 0. The molecule has 2 heterocycles. The van der Waals surface area contributed by atoms with Gasteiger partial charge in [0.2, 0.25) is 5.95 Å². The van der Waals surface area contributed by atoms with Gasteiger partial charge in [-0.25, -0.2) is 9.97 Å². The highest BCUT2D eigenvalue weighted by atomic mass is 15.3. The number of anilines is 1.